The van der Waals surface area contributed by atoms with Crippen molar-refractivity contribution < 1.29 is 26.4 Å². The predicted octanol–water partition coefficient (Wildman–Crippen LogP) is -1.06. The third kappa shape index (κ3) is 5.25. The molecule has 2 N–H and O–H groups in total. The van der Waals surface area contributed by atoms with Crippen molar-refractivity contribution >= 4 is 37.7 Å². The van der Waals surface area contributed by atoms with Crippen LogP contribution in [0.25, 0.3) is 0 Å². The van der Waals surface area contributed by atoms with Crippen LogP contribution in [0.3, 0.4) is 0 Å². The number of rotatable bonds is 6. The van der Waals surface area contributed by atoms with Crippen LogP contribution in [-0.2, 0) is 24.8 Å². The molecule has 0 spiro atoms. The summed E-state index contributed by atoms with van der Waals surface area (Å²) in [5.74, 6) is -0.0438. The highest BCUT2D eigenvalue weighted by Crippen LogP contribution is 2.18. The van der Waals surface area contributed by atoms with Crippen LogP contribution in [0.4, 0.5) is 4.79 Å². The van der Waals surface area contributed by atoms with Gasteiger partial charge in [-0.05, 0) is 6.42 Å². The lowest BCUT2D eigenvalue weighted by atomic mass is 10.4. The molecule has 0 aromatic rings. The quantitative estimate of drug-likeness (QED) is 0.599. The Hall–Kier alpha value is -0.620. The van der Waals surface area contributed by atoms with Crippen LogP contribution >= 0.6 is 11.6 Å². The number of hydrogen-bond donors (Lipinski definition) is 1. The van der Waals surface area contributed by atoms with Crippen molar-refractivity contribution in [1.29, 1.82) is 0 Å². The molecule has 0 bridgehead atoms. The standard InChI is InChI=1S/C9H18ClN3O6S2/c1-20(15,16)12-4-5-13(8(7-12)19-9(11)14)21(17,18)6-2-3-10/h8H,2-7H2,1H3,(H2,11,14). The average Bonchev–Trinajstić information content (AvgIpc) is 2.34. The molecular formula is C9H18ClN3O6S2. The van der Waals surface area contributed by atoms with E-state index >= 15 is 0 Å². The van der Waals surface area contributed by atoms with Gasteiger partial charge in [-0.1, -0.05) is 0 Å². The van der Waals surface area contributed by atoms with E-state index in [2.05, 4.69) is 0 Å². The Kier molecular flexibility index (Phi) is 6.23. The summed E-state index contributed by atoms with van der Waals surface area (Å²) in [6.07, 6.45) is -1.22. The molecule has 1 heterocycles. The van der Waals surface area contributed by atoms with Gasteiger partial charge >= 0.3 is 6.09 Å². The second-order valence-electron chi connectivity index (χ2n) is 4.48. The highest BCUT2D eigenvalue weighted by Gasteiger charge is 2.39. The first-order valence-electron chi connectivity index (χ1n) is 6.04. The molecule has 1 fully saturated rings. The molecule has 124 valence electrons. The van der Waals surface area contributed by atoms with Crippen LogP contribution in [0.1, 0.15) is 6.42 Å². The molecule has 0 aliphatic carbocycles. The van der Waals surface area contributed by atoms with Gasteiger partial charge in [0.15, 0.2) is 6.23 Å². The number of primary amides is 1. The number of ether oxygens (including phenoxy) is 1. The van der Waals surface area contributed by atoms with E-state index in [1.165, 1.54) is 0 Å². The second kappa shape index (κ2) is 7.09. The normalized spacial score (nSPS) is 22.1. The molecule has 21 heavy (non-hydrogen) atoms. The smallest absolute Gasteiger partial charge is 0.406 e. The fourth-order valence-electron chi connectivity index (χ4n) is 1.91. The number of halogens is 1. The monoisotopic (exact) mass is 363 g/mol. The zero-order valence-electron chi connectivity index (χ0n) is 11.4. The maximum absolute atomic E-state index is 12.2. The summed E-state index contributed by atoms with van der Waals surface area (Å²) in [6.45, 7) is -0.422. The van der Waals surface area contributed by atoms with Gasteiger partial charge in [-0.15, -0.1) is 11.6 Å². The van der Waals surface area contributed by atoms with Crippen LogP contribution in [0.2, 0.25) is 0 Å². The SMILES string of the molecule is CS(=O)(=O)N1CCN(S(=O)(=O)CCCCl)C(OC(N)=O)C1. The van der Waals surface area contributed by atoms with Gasteiger partial charge < -0.3 is 10.5 Å². The summed E-state index contributed by atoms with van der Waals surface area (Å²) in [7, 11) is -7.24. The molecule has 1 saturated heterocycles. The van der Waals surface area contributed by atoms with E-state index in [0.717, 1.165) is 14.9 Å². The van der Waals surface area contributed by atoms with Crippen molar-refractivity contribution in [3.8, 4) is 0 Å². The molecule has 1 aliphatic heterocycles. The number of piperazine rings is 1. The van der Waals surface area contributed by atoms with Gasteiger partial charge in [-0.25, -0.2) is 21.6 Å². The van der Waals surface area contributed by atoms with Crippen molar-refractivity contribution in [3.05, 3.63) is 0 Å². The first-order chi connectivity index (χ1) is 9.58. The number of amides is 1. The largest absolute Gasteiger partial charge is 0.428 e. The molecule has 0 aromatic heterocycles. The lowest BCUT2D eigenvalue weighted by Gasteiger charge is -2.38. The van der Waals surface area contributed by atoms with E-state index in [1.54, 1.807) is 0 Å². The Morgan fingerprint density at radius 3 is 2.43 bits per heavy atom. The van der Waals surface area contributed by atoms with Crippen molar-refractivity contribution in [2.75, 3.05) is 37.5 Å². The zero-order valence-corrected chi connectivity index (χ0v) is 13.8. The van der Waals surface area contributed by atoms with Gasteiger partial charge in [0.05, 0.1) is 18.6 Å². The van der Waals surface area contributed by atoms with E-state index in [1.807, 2.05) is 0 Å². The first-order valence-corrected chi connectivity index (χ1v) is 10.0. The summed E-state index contributed by atoms with van der Waals surface area (Å²) in [6, 6.07) is 0. The summed E-state index contributed by atoms with van der Waals surface area (Å²) in [5, 5.41) is 0. The topological polar surface area (TPSA) is 127 Å². The lowest BCUT2D eigenvalue weighted by molar-refractivity contribution is 0.00308. The van der Waals surface area contributed by atoms with Crippen LogP contribution in [0.5, 0.6) is 0 Å². The van der Waals surface area contributed by atoms with Gasteiger partial charge in [0.1, 0.15) is 0 Å². The fraction of sp³-hybridized carbons (Fsp3) is 0.889. The molecule has 1 amide bonds. The summed E-state index contributed by atoms with van der Waals surface area (Å²) >= 11 is 5.47. The second-order valence-corrected chi connectivity index (χ2v) is 8.88. The number of sulfonamides is 2. The number of alkyl halides is 1. The molecule has 1 rings (SSSR count). The Labute approximate surface area is 129 Å². The van der Waals surface area contributed by atoms with Crippen molar-refractivity contribution in [1.82, 2.24) is 8.61 Å². The van der Waals surface area contributed by atoms with Crippen molar-refractivity contribution in [2.45, 2.75) is 12.6 Å². The third-order valence-electron chi connectivity index (χ3n) is 2.87. The fourth-order valence-corrected chi connectivity index (χ4v) is 4.59. The Morgan fingerprint density at radius 1 is 1.33 bits per heavy atom. The van der Waals surface area contributed by atoms with Crippen LogP contribution in [-0.4, -0.2) is 75.3 Å². The number of nitrogens with zero attached hydrogens (tertiary/aromatic N) is 2. The van der Waals surface area contributed by atoms with Gasteiger partial charge in [-0.3, -0.25) is 0 Å². The zero-order chi connectivity index (χ0) is 16.3. The van der Waals surface area contributed by atoms with E-state index in [-0.39, 0.29) is 37.7 Å². The molecule has 1 unspecified atom stereocenters. The summed E-state index contributed by atoms with van der Waals surface area (Å²) in [4.78, 5) is 10.9. The maximum Gasteiger partial charge on any atom is 0.406 e. The molecular weight excluding hydrogens is 346 g/mol. The number of carbonyl (C=O) groups is 1. The van der Waals surface area contributed by atoms with Gasteiger partial charge in [0.25, 0.3) is 0 Å². The van der Waals surface area contributed by atoms with Crippen LogP contribution < -0.4 is 5.73 Å². The summed E-state index contributed by atoms with van der Waals surface area (Å²) < 4.78 is 54.1. The minimum Gasteiger partial charge on any atom is -0.428 e. The van der Waals surface area contributed by atoms with Gasteiger partial charge in [0, 0.05) is 19.0 Å². The predicted molar refractivity (Wildman–Crippen MR) is 76.7 cm³/mol. The van der Waals surface area contributed by atoms with Gasteiger partial charge in [-0.2, -0.15) is 8.61 Å². The number of hydrogen-bond acceptors (Lipinski definition) is 6. The number of carbonyl (C=O) groups excluding carboxylic acids is 1. The molecule has 0 aromatic carbocycles. The Balaban J connectivity index is 2.96. The Bertz CT molecular complexity index is 578. The third-order valence-corrected chi connectivity index (χ3v) is 6.34. The van der Waals surface area contributed by atoms with Crippen molar-refractivity contribution in [2.24, 2.45) is 5.73 Å². The van der Waals surface area contributed by atoms with E-state index < -0.39 is 32.4 Å². The van der Waals surface area contributed by atoms with E-state index in [4.69, 9.17) is 22.1 Å². The molecule has 9 nitrogen and oxygen atoms in total. The minimum absolute atomic E-state index is 0.0163. The molecule has 0 radical (unpaired) electrons. The highest BCUT2D eigenvalue weighted by molar-refractivity contribution is 7.89. The van der Waals surface area contributed by atoms with E-state index in [0.29, 0.717) is 0 Å². The highest BCUT2D eigenvalue weighted by atomic mass is 35.5. The average molecular weight is 364 g/mol. The first kappa shape index (κ1) is 18.4. The molecule has 1 atom stereocenters. The molecule has 0 saturated carbocycles. The van der Waals surface area contributed by atoms with Gasteiger partial charge in [0.2, 0.25) is 20.0 Å². The summed E-state index contributed by atoms with van der Waals surface area (Å²) in [5.41, 5.74) is 4.91. The van der Waals surface area contributed by atoms with E-state index in [9.17, 15) is 21.6 Å². The Morgan fingerprint density at radius 2 is 1.95 bits per heavy atom. The van der Waals surface area contributed by atoms with Crippen LogP contribution in [0, 0.1) is 0 Å². The van der Waals surface area contributed by atoms with Crippen LogP contribution in [0.15, 0.2) is 0 Å². The maximum atomic E-state index is 12.2. The number of nitrogens with two attached hydrogens (primary N) is 1. The van der Waals surface area contributed by atoms with Crippen molar-refractivity contribution in [3.63, 3.8) is 0 Å². The molecule has 12 heteroatoms. The lowest BCUT2D eigenvalue weighted by Crippen LogP contribution is -2.58. The minimum atomic E-state index is -3.71. The molecule has 1 aliphatic rings.